The highest BCUT2D eigenvalue weighted by molar-refractivity contribution is 7.92. The van der Waals surface area contributed by atoms with Crippen molar-refractivity contribution in [3.05, 3.63) is 64.7 Å². The van der Waals surface area contributed by atoms with Crippen molar-refractivity contribution in [1.82, 2.24) is 10.2 Å². The Kier molecular flexibility index (Phi) is 9.67. The fourth-order valence-electron chi connectivity index (χ4n) is 3.77. The first-order valence-corrected chi connectivity index (χ1v) is 13.5. The molecule has 1 N–H and O–H groups in total. The second-order valence-electron chi connectivity index (χ2n) is 8.83. The summed E-state index contributed by atoms with van der Waals surface area (Å²) in [6, 6.07) is 12.3. The van der Waals surface area contributed by atoms with E-state index in [4.69, 9.17) is 0 Å². The van der Waals surface area contributed by atoms with Crippen molar-refractivity contribution in [2.24, 2.45) is 0 Å². The van der Waals surface area contributed by atoms with E-state index in [9.17, 15) is 18.0 Å². The Bertz CT molecular complexity index is 1110. The maximum absolute atomic E-state index is 13.6. The molecule has 7 nitrogen and oxygen atoms in total. The van der Waals surface area contributed by atoms with Crippen LogP contribution in [0.4, 0.5) is 5.69 Å². The van der Waals surface area contributed by atoms with E-state index in [1.807, 2.05) is 64.1 Å². The Morgan fingerprint density at radius 3 is 2.29 bits per heavy atom. The highest BCUT2D eigenvalue weighted by Gasteiger charge is 2.30. The number of carbonyl (C=O) groups excluding carboxylic acids is 2. The zero-order valence-corrected chi connectivity index (χ0v) is 21.9. The van der Waals surface area contributed by atoms with Crippen molar-refractivity contribution in [2.45, 2.75) is 60.0 Å². The molecule has 0 spiro atoms. The minimum absolute atomic E-state index is 0.207. The third kappa shape index (κ3) is 7.32. The topological polar surface area (TPSA) is 86.8 Å². The van der Waals surface area contributed by atoms with Crippen LogP contribution < -0.4 is 9.62 Å². The quantitative estimate of drug-likeness (QED) is 0.490. The lowest BCUT2D eigenvalue weighted by molar-refractivity contribution is -0.139. The van der Waals surface area contributed by atoms with Gasteiger partial charge in [0, 0.05) is 13.1 Å². The third-order valence-corrected chi connectivity index (χ3v) is 7.03. The van der Waals surface area contributed by atoms with E-state index in [0.29, 0.717) is 12.2 Å². The molecule has 0 bridgehead atoms. The summed E-state index contributed by atoms with van der Waals surface area (Å²) in [5, 5.41) is 2.89. The molecule has 0 aliphatic heterocycles. The van der Waals surface area contributed by atoms with Crippen LogP contribution in [0.25, 0.3) is 0 Å². The highest BCUT2D eigenvalue weighted by Crippen LogP contribution is 2.24. The van der Waals surface area contributed by atoms with Gasteiger partial charge in [0.15, 0.2) is 0 Å². The van der Waals surface area contributed by atoms with Crippen LogP contribution in [0.3, 0.4) is 0 Å². The van der Waals surface area contributed by atoms with Gasteiger partial charge in [-0.15, -0.1) is 0 Å². The van der Waals surface area contributed by atoms with Gasteiger partial charge in [-0.1, -0.05) is 55.3 Å². The summed E-state index contributed by atoms with van der Waals surface area (Å²) < 4.78 is 26.5. The lowest BCUT2D eigenvalue weighted by Gasteiger charge is -2.32. The molecule has 0 aromatic heterocycles. The van der Waals surface area contributed by atoms with Gasteiger partial charge in [-0.3, -0.25) is 13.9 Å². The molecule has 0 aliphatic carbocycles. The van der Waals surface area contributed by atoms with Crippen LogP contribution in [0.5, 0.6) is 0 Å². The van der Waals surface area contributed by atoms with Crippen LogP contribution in [0, 0.1) is 20.8 Å². The number of amides is 2. The fourth-order valence-corrected chi connectivity index (χ4v) is 4.68. The summed E-state index contributed by atoms with van der Waals surface area (Å²) in [4.78, 5) is 27.9. The molecule has 2 rings (SSSR count). The Morgan fingerprint density at radius 2 is 1.71 bits per heavy atom. The smallest absolute Gasteiger partial charge is 0.244 e. The van der Waals surface area contributed by atoms with Gasteiger partial charge in [0.25, 0.3) is 0 Å². The number of hydrogen-bond acceptors (Lipinski definition) is 4. The minimum atomic E-state index is -3.74. The molecule has 34 heavy (non-hydrogen) atoms. The van der Waals surface area contributed by atoms with Gasteiger partial charge in [0.05, 0.1) is 11.9 Å². The second-order valence-corrected chi connectivity index (χ2v) is 10.7. The van der Waals surface area contributed by atoms with Gasteiger partial charge in [-0.25, -0.2) is 8.42 Å². The van der Waals surface area contributed by atoms with Crippen molar-refractivity contribution in [3.63, 3.8) is 0 Å². The van der Waals surface area contributed by atoms with Gasteiger partial charge in [0.1, 0.15) is 12.6 Å². The number of aryl methyl sites for hydroxylation is 3. The van der Waals surface area contributed by atoms with Gasteiger partial charge < -0.3 is 10.2 Å². The van der Waals surface area contributed by atoms with Crippen molar-refractivity contribution < 1.29 is 18.0 Å². The number of sulfonamides is 1. The average molecular weight is 488 g/mol. The summed E-state index contributed by atoms with van der Waals surface area (Å²) in [7, 11) is -3.74. The van der Waals surface area contributed by atoms with Crippen LogP contribution in [-0.4, -0.2) is 50.5 Å². The number of carbonyl (C=O) groups is 2. The summed E-state index contributed by atoms with van der Waals surface area (Å²) in [6.45, 7) is 9.76. The SMILES string of the molecule is CCCCNC(=O)C(C)N(Cc1ccccc1C)C(=O)CN(c1ccc(C)cc1C)S(C)(=O)=O. The molecule has 2 amide bonds. The van der Waals surface area contributed by atoms with Crippen molar-refractivity contribution in [1.29, 1.82) is 0 Å². The summed E-state index contributed by atoms with van der Waals surface area (Å²) in [5.74, 6) is -0.695. The fraction of sp³-hybridized carbons (Fsp3) is 0.462. The van der Waals surface area contributed by atoms with Gasteiger partial charge in [-0.05, 0) is 56.9 Å². The molecule has 1 atom stereocenters. The Hall–Kier alpha value is -2.87. The molecule has 186 valence electrons. The van der Waals surface area contributed by atoms with Crippen molar-refractivity contribution in [2.75, 3.05) is 23.7 Å². The summed E-state index contributed by atoms with van der Waals surface area (Å²) >= 11 is 0. The van der Waals surface area contributed by atoms with Crippen molar-refractivity contribution in [3.8, 4) is 0 Å². The monoisotopic (exact) mass is 487 g/mol. The lowest BCUT2D eigenvalue weighted by Crippen LogP contribution is -2.51. The molecule has 2 aromatic carbocycles. The maximum Gasteiger partial charge on any atom is 0.244 e. The predicted octanol–water partition coefficient (Wildman–Crippen LogP) is 3.71. The average Bonchev–Trinajstić information content (AvgIpc) is 2.76. The zero-order chi connectivity index (χ0) is 25.5. The first kappa shape index (κ1) is 27.4. The van der Waals surface area contributed by atoms with Crippen molar-refractivity contribution >= 4 is 27.5 Å². The third-order valence-electron chi connectivity index (χ3n) is 5.90. The Balaban J connectivity index is 2.39. The first-order chi connectivity index (χ1) is 16.0. The standard InChI is InChI=1S/C26H37N3O4S/c1-7-8-15-27-26(31)22(5)28(17-23-12-10-9-11-20(23)3)25(30)18-29(34(6,32)33)24-14-13-19(2)16-21(24)4/h9-14,16,22H,7-8,15,17-18H2,1-6H3,(H,27,31). The summed E-state index contributed by atoms with van der Waals surface area (Å²) in [6.07, 6.45) is 2.88. The van der Waals surface area contributed by atoms with Gasteiger partial charge >= 0.3 is 0 Å². The highest BCUT2D eigenvalue weighted by atomic mass is 32.2. The molecule has 0 saturated carbocycles. The number of unbranched alkanes of at least 4 members (excludes halogenated alkanes) is 1. The van der Waals surface area contributed by atoms with Crippen LogP contribution in [0.15, 0.2) is 42.5 Å². The van der Waals surface area contributed by atoms with E-state index in [-0.39, 0.29) is 19.0 Å². The predicted molar refractivity (Wildman–Crippen MR) is 137 cm³/mol. The lowest BCUT2D eigenvalue weighted by atomic mass is 10.1. The molecule has 2 aromatic rings. The molecule has 0 saturated heterocycles. The number of hydrogen-bond donors (Lipinski definition) is 1. The second kappa shape index (κ2) is 12.0. The largest absolute Gasteiger partial charge is 0.354 e. The Morgan fingerprint density at radius 1 is 1.03 bits per heavy atom. The zero-order valence-electron chi connectivity index (χ0n) is 21.1. The van der Waals surface area contributed by atoms with E-state index in [1.165, 1.54) is 4.90 Å². The molecule has 0 radical (unpaired) electrons. The van der Waals surface area contributed by atoms with E-state index >= 15 is 0 Å². The van der Waals surface area contributed by atoms with Crippen LogP contribution in [0.1, 0.15) is 48.9 Å². The van der Waals surface area contributed by atoms with Gasteiger partial charge in [-0.2, -0.15) is 0 Å². The Labute approximate surface area is 204 Å². The summed E-state index contributed by atoms with van der Waals surface area (Å²) in [5.41, 5.74) is 4.11. The van der Waals surface area contributed by atoms with E-state index in [0.717, 1.165) is 45.7 Å². The molecule has 1 unspecified atom stereocenters. The molecule has 8 heteroatoms. The van der Waals surface area contributed by atoms with Crippen LogP contribution >= 0.6 is 0 Å². The van der Waals surface area contributed by atoms with E-state index < -0.39 is 22.0 Å². The molecular formula is C26H37N3O4S. The van der Waals surface area contributed by atoms with Crippen LogP contribution in [-0.2, 0) is 26.2 Å². The minimum Gasteiger partial charge on any atom is -0.354 e. The number of nitrogens with zero attached hydrogens (tertiary/aromatic N) is 2. The van der Waals surface area contributed by atoms with Gasteiger partial charge in [0.2, 0.25) is 21.8 Å². The number of benzene rings is 2. The van der Waals surface area contributed by atoms with E-state index in [2.05, 4.69) is 5.32 Å². The maximum atomic E-state index is 13.6. The number of nitrogens with one attached hydrogen (secondary N) is 1. The molecular weight excluding hydrogens is 450 g/mol. The molecule has 0 heterocycles. The molecule has 0 aliphatic rings. The van der Waals surface area contributed by atoms with E-state index in [1.54, 1.807) is 13.0 Å². The molecule has 0 fully saturated rings. The number of rotatable bonds is 11. The first-order valence-electron chi connectivity index (χ1n) is 11.6. The van der Waals surface area contributed by atoms with Crippen LogP contribution in [0.2, 0.25) is 0 Å². The number of anilines is 1. The normalized spacial score (nSPS) is 12.2.